The summed E-state index contributed by atoms with van der Waals surface area (Å²) in [7, 11) is 0. The van der Waals surface area contributed by atoms with Crippen LogP contribution in [0.15, 0.2) is 6.07 Å². The molecule has 4 aliphatic rings. The molecular formula is C17H25N3. The highest BCUT2D eigenvalue weighted by Gasteiger charge is 2.49. The summed E-state index contributed by atoms with van der Waals surface area (Å²) in [6, 6.07) is 2.16. The fourth-order valence-electron chi connectivity index (χ4n) is 5.40. The molecule has 3 heteroatoms. The van der Waals surface area contributed by atoms with E-state index >= 15 is 0 Å². The summed E-state index contributed by atoms with van der Waals surface area (Å²) in [5.74, 6) is 5.30. The van der Waals surface area contributed by atoms with Crippen molar-refractivity contribution in [2.45, 2.75) is 57.9 Å². The molecule has 4 aliphatic carbocycles. The predicted octanol–water partition coefficient (Wildman–Crippen LogP) is 3.34. The van der Waals surface area contributed by atoms with Crippen molar-refractivity contribution in [1.82, 2.24) is 9.97 Å². The van der Waals surface area contributed by atoms with Gasteiger partial charge in [0.1, 0.15) is 5.82 Å². The first-order valence-electron chi connectivity index (χ1n) is 8.21. The molecule has 0 spiro atoms. The molecule has 0 aromatic carbocycles. The first kappa shape index (κ1) is 12.8. The van der Waals surface area contributed by atoms with Gasteiger partial charge in [-0.3, -0.25) is 0 Å². The summed E-state index contributed by atoms with van der Waals surface area (Å²) in [6.45, 7) is 4.06. The number of aromatic nitrogens is 2. The van der Waals surface area contributed by atoms with Crippen LogP contribution in [-0.4, -0.2) is 9.97 Å². The van der Waals surface area contributed by atoms with Gasteiger partial charge in [0.15, 0.2) is 0 Å². The molecule has 4 saturated carbocycles. The molecule has 5 rings (SSSR count). The summed E-state index contributed by atoms with van der Waals surface area (Å²) in [4.78, 5) is 9.35. The first-order chi connectivity index (χ1) is 9.60. The van der Waals surface area contributed by atoms with Crippen LogP contribution in [0.2, 0.25) is 0 Å². The van der Waals surface area contributed by atoms with Crippen molar-refractivity contribution in [3.05, 3.63) is 23.3 Å². The standard InChI is InChI=1S/C17H25N3/c1-9-3-15(20-17(19-9)10(2)18)16-13-5-11-4-12(7-13)8-14(16)6-11/h3,10-14,16H,4-8,18H2,1-2H3. The predicted molar refractivity (Wildman–Crippen MR) is 79.2 cm³/mol. The van der Waals surface area contributed by atoms with Crippen LogP contribution in [0.3, 0.4) is 0 Å². The largest absolute Gasteiger partial charge is 0.322 e. The van der Waals surface area contributed by atoms with Crippen LogP contribution in [0, 0.1) is 30.6 Å². The summed E-state index contributed by atoms with van der Waals surface area (Å²) < 4.78 is 0. The van der Waals surface area contributed by atoms with E-state index in [9.17, 15) is 0 Å². The van der Waals surface area contributed by atoms with Crippen LogP contribution in [0.5, 0.6) is 0 Å². The highest BCUT2D eigenvalue weighted by atomic mass is 14.9. The minimum atomic E-state index is -0.0644. The highest BCUT2D eigenvalue weighted by Crippen LogP contribution is 2.59. The van der Waals surface area contributed by atoms with E-state index in [4.69, 9.17) is 10.7 Å². The van der Waals surface area contributed by atoms with Crippen molar-refractivity contribution in [2.24, 2.45) is 29.4 Å². The van der Waals surface area contributed by atoms with E-state index in [2.05, 4.69) is 18.0 Å². The molecule has 1 heterocycles. The number of hydrogen-bond acceptors (Lipinski definition) is 3. The maximum atomic E-state index is 6.00. The second-order valence-corrected chi connectivity index (χ2v) is 7.54. The summed E-state index contributed by atoms with van der Waals surface area (Å²) >= 11 is 0. The van der Waals surface area contributed by atoms with Crippen LogP contribution in [-0.2, 0) is 0 Å². The Morgan fingerprint density at radius 2 is 1.65 bits per heavy atom. The molecule has 108 valence electrons. The van der Waals surface area contributed by atoms with Crippen molar-refractivity contribution < 1.29 is 0 Å². The number of rotatable bonds is 2. The fourth-order valence-corrected chi connectivity index (χ4v) is 5.40. The van der Waals surface area contributed by atoms with E-state index in [-0.39, 0.29) is 6.04 Å². The number of nitrogens with zero attached hydrogens (tertiary/aromatic N) is 2. The Balaban J connectivity index is 1.70. The van der Waals surface area contributed by atoms with Gasteiger partial charge in [-0.2, -0.15) is 0 Å². The van der Waals surface area contributed by atoms with Gasteiger partial charge in [-0.25, -0.2) is 9.97 Å². The Labute approximate surface area is 121 Å². The molecule has 0 aliphatic heterocycles. The Kier molecular flexibility index (Phi) is 2.88. The lowest BCUT2D eigenvalue weighted by Crippen LogP contribution is -2.44. The topological polar surface area (TPSA) is 51.8 Å². The van der Waals surface area contributed by atoms with Gasteiger partial charge in [-0.15, -0.1) is 0 Å². The fraction of sp³-hybridized carbons (Fsp3) is 0.765. The smallest absolute Gasteiger partial charge is 0.145 e. The Hall–Kier alpha value is -0.960. The third-order valence-electron chi connectivity index (χ3n) is 5.87. The second kappa shape index (κ2) is 4.52. The monoisotopic (exact) mass is 271 g/mol. The number of aryl methyl sites for hydroxylation is 1. The zero-order valence-corrected chi connectivity index (χ0v) is 12.5. The molecule has 20 heavy (non-hydrogen) atoms. The Morgan fingerprint density at radius 3 is 2.20 bits per heavy atom. The lowest BCUT2D eigenvalue weighted by atomic mass is 9.51. The summed E-state index contributed by atoms with van der Waals surface area (Å²) in [5.41, 5.74) is 8.37. The third kappa shape index (κ3) is 1.98. The average molecular weight is 271 g/mol. The molecule has 4 fully saturated rings. The molecule has 0 saturated heterocycles. The summed E-state index contributed by atoms with van der Waals surface area (Å²) in [6.07, 6.45) is 7.26. The lowest BCUT2D eigenvalue weighted by molar-refractivity contribution is -0.00429. The maximum Gasteiger partial charge on any atom is 0.145 e. The molecule has 1 unspecified atom stereocenters. The van der Waals surface area contributed by atoms with Crippen LogP contribution >= 0.6 is 0 Å². The van der Waals surface area contributed by atoms with E-state index in [0.29, 0.717) is 5.92 Å². The highest BCUT2D eigenvalue weighted by molar-refractivity contribution is 5.20. The first-order valence-corrected chi connectivity index (χ1v) is 8.21. The molecule has 2 N–H and O–H groups in total. The van der Waals surface area contributed by atoms with E-state index in [1.807, 2.05) is 6.92 Å². The van der Waals surface area contributed by atoms with Crippen LogP contribution < -0.4 is 5.73 Å². The van der Waals surface area contributed by atoms with Crippen molar-refractivity contribution in [2.75, 3.05) is 0 Å². The minimum Gasteiger partial charge on any atom is -0.322 e. The van der Waals surface area contributed by atoms with Crippen LogP contribution in [0.1, 0.15) is 68.2 Å². The number of nitrogens with two attached hydrogens (primary N) is 1. The number of hydrogen-bond donors (Lipinski definition) is 1. The Morgan fingerprint density at radius 1 is 1.05 bits per heavy atom. The third-order valence-corrected chi connectivity index (χ3v) is 5.87. The van der Waals surface area contributed by atoms with Gasteiger partial charge in [0.25, 0.3) is 0 Å². The second-order valence-electron chi connectivity index (χ2n) is 7.54. The SMILES string of the molecule is Cc1cc(C2C3CC4CC(C3)CC2C4)nc(C(C)N)n1. The molecule has 1 atom stereocenters. The van der Waals surface area contributed by atoms with Crippen LogP contribution in [0.4, 0.5) is 0 Å². The maximum absolute atomic E-state index is 6.00. The van der Waals surface area contributed by atoms with Gasteiger partial charge < -0.3 is 5.73 Å². The summed E-state index contributed by atoms with van der Waals surface area (Å²) in [5, 5.41) is 0. The minimum absolute atomic E-state index is 0.0644. The van der Waals surface area contributed by atoms with Gasteiger partial charge in [0.2, 0.25) is 0 Å². The van der Waals surface area contributed by atoms with E-state index in [1.165, 1.54) is 37.8 Å². The van der Waals surface area contributed by atoms with E-state index < -0.39 is 0 Å². The van der Waals surface area contributed by atoms with E-state index in [0.717, 1.165) is 35.2 Å². The Bertz CT molecular complexity index is 495. The van der Waals surface area contributed by atoms with Gasteiger partial charge in [-0.05, 0) is 75.7 Å². The van der Waals surface area contributed by atoms with Crippen molar-refractivity contribution >= 4 is 0 Å². The van der Waals surface area contributed by atoms with Crippen molar-refractivity contribution in [3.63, 3.8) is 0 Å². The molecule has 0 amide bonds. The normalized spacial score (nSPS) is 40.0. The molecule has 3 nitrogen and oxygen atoms in total. The quantitative estimate of drug-likeness (QED) is 0.897. The zero-order chi connectivity index (χ0) is 13.9. The molecule has 1 aromatic rings. The van der Waals surface area contributed by atoms with Crippen molar-refractivity contribution in [3.8, 4) is 0 Å². The average Bonchev–Trinajstić information content (AvgIpc) is 2.36. The zero-order valence-electron chi connectivity index (χ0n) is 12.5. The van der Waals surface area contributed by atoms with Crippen LogP contribution in [0.25, 0.3) is 0 Å². The molecule has 1 aromatic heterocycles. The van der Waals surface area contributed by atoms with Gasteiger partial charge in [0, 0.05) is 17.3 Å². The van der Waals surface area contributed by atoms with E-state index in [1.54, 1.807) is 0 Å². The molecule has 4 bridgehead atoms. The van der Waals surface area contributed by atoms with Gasteiger partial charge >= 0.3 is 0 Å². The van der Waals surface area contributed by atoms with Gasteiger partial charge in [0.05, 0.1) is 6.04 Å². The molecule has 0 radical (unpaired) electrons. The lowest BCUT2D eigenvalue weighted by Gasteiger charge is -2.54. The van der Waals surface area contributed by atoms with Crippen molar-refractivity contribution in [1.29, 1.82) is 0 Å². The molecular weight excluding hydrogens is 246 g/mol. The van der Waals surface area contributed by atoms with Gasteiger partial charge in [-0.1, -0.05) is 0 Å².